The predicted molar refractivity (Wildman–Crippen MR) is 94.7 cm³/mol. The zero-order valence-corrected chi connectivity index (χ0v) is 14.0. The summed E-state index contributed by atoms with van der Waals surface area (Å²) in [7, 11) is 0. The number of amides is 1. The quantitative estimate of drug-likeness (QED) is 0.612. The molecule has 0 atom stereocenters. The fourth-order valence-electron chi connectivity index (χ4n) is 2.04. The minimum Gasteiger partial charge on any atom is -0.325 e. The van der Waals surface area contributed by atoms with Crippen LogP contribution in [0.15, 0.2) is 46.1 Å². The average Bonchev–Trinajstić information content (AvgIpc) is 2.87. The van der Waals surface area contributed by atoms with E-state index in [0.29, 0.717) is 26.8 Å². The maximum atomic E-state index is 12.0. The molecular formula is C15H11Cl2N3O2S. The van der Waals surface area contributed by atoms with E-state index in [4.69, 9.17) is 23.2 Å². The van der Waals surface area contributed by atoms with Gasteiger partial charge in [0, 0.05) is 15.6 Å². The van der Waals surface area contributed by atoms with Gasteiger partial charge >= 0.3 is 5.69 Å². The van der Waals surface area contributed by atoms with Crippen molar-refractivity contribution in [2.24, 2.45) is 0 Å². The smallest absolute Gasteiger partial charge is 0.323 e. The van der Waals surface area contributed by atoms with Gasteiger partial charge in [-0.2, -0.15) is 0 Å². The summed E-state index contributed by atoms with van der Waals surface area (Å²) in [5.41, 5.74) is 1.65. The lowest BCUT2D eigenvalue weighted by molar-refractivity contribution is -0.113. The fraction of sp³-hybridized carbons (Fsp3) is 0.0667. The Morgan fingerprint density at radius 1 is 1.09 bits per heavy atom. The average molecular weight is 368 g/mol. The van der Waals surface area contributed by atoms with Crippen LogP contribution in [0.25, 0.3) is 11.0 Å². The van der Waals surface area contributed by atoms with Crippen molar-refractivity contribution >= 4 is 57.6 Å². The summed E-state index contributed by atoms with van der Waals surface area (Å²) in [5, 5.41) is 3.90. The number of carbonyl (C=O) groups excluding carboxylic acids is 1. The maximum Gasteiger partial charge on any atom is 0.323 e. The van der Waals surface area contributed by atoms with Gasteiger partial charge < -0.3 is 15.3 Å². The molecule has 0 radical (unpaired) electrons. The number of anilines is 1. The molecule has 0 aliphatic carbocycles. The predicted octanol–water partition coefficient (Wildman–Crippen LogP) is 3.89. The number of fused-ring (bicyclic) bond motifs is 1. The molecule has 0 bridgehead atoms. The molecule has 0 saturated heterocycles. The number of imidazole rings is 1. The van der Waals surface area contributed by atoms with Crippen LogP contribution in [-0.4, -0.2) is 21.6 Å². The number of hydrogen-bond donors (Lipinski definition) is 3. The normalized spacial score (nSPS) is 10.9. The Morgan fingerprint density at radius 2 is 1.87 bits per heavy atom. The highest BCUT2D eigenvalue weighted by Gasteiger charge is 2.08. The number of carbonyl (C=O) groups is 1. The number of benzene rings is 2. The van der Waals surface area contributed by atoms with Gasteiger partial charge in [-0.05, 0) is 36.4 Å². The fourth-order valence-corrected chi connectivity index (χ4v) is 3.33. The van der Waals surface area contributed by atoms with Crippen LogP contribution in [0.4, 0.5) is 5.69 Å². The molecule has 3 rings (SSSR count). The molecule has 3 N–H and O–H groups in total. The minimum absolute atomic E-state index is 0.178. The number of rotatable bonds is 4. The number of halogens is 2. The van der Waals surface area contributed by atoms with E-state index in [1.54, 1.807) is 36.4 Å². The molecule has 0 aliphatic heterocycles. The largest absolute Gasteiger partial charge is 0.325 e. The van der Waals surface area contributed by atoms with Crippen LogP contribution < -0.4 is 11.0 Å². The van der Waals surface area contributed by atoms with Gasteiger partial charge in [-0.15, -0.1) is 11.8 Å². The summed E-state index contributed by atoms with van der Waals surface area (Å²) in [6.07, 6.45) is 0. The Kier molecular flexibility index (Phi) is 4.66. The molecule has 0 fully saturated rings. The van der Waals surface area contributed by atoms with Crippen LogP contribution in [0.3, 0.4) is 0 Å². The van der Waals surface area contributed by atoms with Crippen molar-refractivity contribution in [1.29, 1.82) is 0 Å². The van der Waals surface area contributed by atoms with E-state index < -0.39 is 0 Å². The molecule has 118 valence electrons. The van der Waals surface area contributed by atoms with Gasteiger partial charge in [0.2, 0.25) is 5.91 Å². The molecule has 1 aromatic heterocycles. The molecule has 0 saturated carbocycles. The van der Waals surface area contributed by atoms with Crippen molar-refractivity contribution in [1.82, 2.24) is 9.97 Å². The van der Waals surface area contributed by atoms with Crippen LogP contribution >= 0.6 is 35.0 Å². The van der Waals surface area contributed by atoms with Gasteiger partial charge in [0.1, 0.15) is 0 Å². The third-order valence-electron chi connectivity index (χ3n) is 3.05. The van der Waals surface area contributed by atoms with Crippen molar-refractivity contribution in [3.8, 4) is 0 Å². The van der Waals surface area contributed by atoms with Crippen molar-refractivity contribution in [3.63, 3.8) is 0 Å². The number of aromatic amines is 2. The number of hydrogen-bond acceptors (Lipinski definition) is 3. The molecule has 0 unspecified atom stereocenters. The van der Waals surface area contributed by atoms with Crippen LogP contribution in [0.5, 0.6) is 0 Å². The first-order valence-electron chi connectivity index (χ1n) is 6.61. The molecule has 1 amide bonds. The van der Waals surface area contributed by atoms with E-state index >= 15 is 0 Å². The third-order valence-corrected chi connectivity index (χ3v) is 4.78. The summed E-state index contributed by atoms with van der Waals surface area (Å²) in [6, 6.07) is 10.3. The molecule has 8 heteroatoms. The van der Waals surface area contributed by atoms with Crippen LogP contribution in [0.2, 0.25) is 10.0 Å². The summed E-state index contributed by atoms with van der Waals surface area (Å²) < 4.78 is 0. The summed E-state index contributed by atoms with van der Waals surface area (Å²) in [4.78, 5) is 29.3. The summed E-state index contributed by atoms with van der Waals surface area (Å²) in [6.45, 7) is 0. The van der Waals surface area contributed by atoms with Crippen molar-refractivity contribution in [2.75, 3.05) is 11.1 Å². The second-order valence-corrected chi connectivity index (χ2v) is 6.61. The molecule has 0 aliphatic rings. The Morgan fingerprint density at radius 3 is 2.70 bits per heavy atom. The minimum atomic E-state index is -0.283. The van der Waals surface area contributed by atoms with E-state index in [9.17, 15) is 9.59 Å². The SMILES string of the molecule is O=C(CSc1cc(Cl)ccc1Cl)Nc1ccc2[nH]c(=O)[nH]c2c1. The van der Waals surface area contributed by atoms with Gasteiger partial charge in [-0.3, -0.25) is 4.79 Å². The standard InChI is InChI=1S/C15H11Cl2N3O2S/c16-8-1-3-10(17)13(5-8)23-7-14(21)18-9-2-4-11-12(6-9)20-15(22)19-11/h1-6H,7H2,(H,18,21)(H2,19,20,22). The number of thioether (sulfide) groups is 1. The van der Waals surface area contributed by atoms with E-state index in [1.165, 1.54) is 11.8 Å². The highest BCUT2D eigenvalue weighted by atomic mass is 35.5. The Labute approximate surface area is 145 Å². The Hall–Kier alpha value is -1.89. The number of H-pyrrole nitrogens is 2. The molecule has 3 aromatic rings. The Balaban J connectivity index is 1.66. The molecule has 5 nitrogen and oxygen atoms in total. The maximum absolute atomic E-state index is 12.0. The van der Waals surface area contributed by atoms with E-state index in [2.05, 4.69) is 15.3 Å². The van der Waals surface area contributed by atoms with E-state index in [-0.39, 0.29) is 17.3 Å². The van der Waals surface area contributed by atoms with Gasteiger partial charge in [0.25, 0.3) is 0 Å². The van der Waals surface area contributed by atoms with Gasteiger partial charge in [0.05, 0.1) is 21.8 Å². The second-order valence-electron chi connectivity index (χ2n) is 4.75. The van der Waals surface area contributed by atoms with E-state index in [0.717, 1.165) is 4.90 Å². The zero-order valence-electron chi connectivity index (χ0n) is 11.7. The first-order chi connectivity index (χ1) is 11.0. The van der Waals surface area contributed by atoms with Gasteiger partial charge in [0.15, 0.2) is 0 Å². The monoisotopic (exact) mass is 367 g/mol. The van der Waals surface area contributed by atoms with E-state index in [1.807, 2.05) is 0 Å². The first kappa shape index (κ1) is 16.0. The lowest BCUT2D eigenvalue weighted by Gasteiger charge is -2.07. The van der Waals surface area contributed by atoms with Crippen molar-refractivity contribution in [3.05, 3.63) is 56.9 Å². The molecule has 2 aromatic carbocycles. The number of aromatic nitrogens is 2. The van der Waals surface area contributed by atoms with Crippen molar-refractivity contribution in [2.45, 2.75) is 4.90 Å². The zero-order chi connectivity index (χ0) is 16.4. The molecule has 1 heterocycles. The lowest BCUT2D eigenvalue weighted by atomic mass is 10.3. The van der Waals surface area contributed by atoms with Crippen LogP contribution in [-0.2, 0) is 4.79 Å². The summed E-state index contributed by atoms with van der Waals surface area (Å²) in [5.74, 6) is 0.0187. The summed E-state index contributed by atoms with van der Waals surface area (Å²) >= 11 is 13.3. The third kappa shape index (κ3) is 3.90. The highest BCUT2D eigenvalue weighted by molar-refractivity contribution is 8.00. The lowest BCUT2D eigenvalue weighted by Crippen LogP contribution is -2.13. The number of nitrogens with one attached hydrogen (secondary N) is 3. The van der Waals surface area contributed by atoms with Gasteiger partial charge in [-0.25, -0.2) is 4.79 Å². The topological polar surface area (TPSA) is 77.8 Å². The highest BCUT2D eigenvalue weighted by Crippen LogP contribution is 2.29. The molecule has 0 spiro atoms. The van der Waals surface area contributed by atoms with Crippen molar-refractivity contribution < 1.29 is 4.79 Å². The first-order valence-corrected chi connectivity index (χ1v) is 8.35. The van der Waals surface area contributed by atoms with Crippen LogP contribution in [0.1, 0.15) is 0 Å². The second kappa shape index (κ2) is 6.70. The molecular weight excluding hydrogens is 357 g/mol. The Bertz CT molecular complexity index is 936. The van der Waals surface area contributed by atoms with Gasteiger partial charge in [-0.1, -0.05) is 23.2 Å². The van der Waals surface area contributed by atoms with Crippen LogP contribution in [0, 0.1) is 0 Å². The molecule has 23 heavy (non-hydrogen) atoms.